The SMILES string of the molecule is C=C[C@H]1OC(C)(C)O[C@H]1C(O)C(=C)COC1CCCCO1. The maximum Gasteiger partial charge on any atom is 0.164 e. The highest BCUT2D eigenvalue weighted by molar-refractivity contribution is 5.10. The number of rotatable bonds is 6. The van der Waals surface area contributed by atoms with E-state index in [0.717, 1.165) is 25.9 Å². The van der Waals surface area contributed by atoms with Crippen LogP contribution in [0.1, 0.15) is 33.1 Å². The molecule has 2 heterocycles. The molecule has 21 heavy (non-hydrogen) atoms. The molecule has 0 bridgehead atoms. The third-order valence-electron chi connectivity index (χ3n) is 3.72. The molecule has 2 aliphatic heterocycles. The van der Waals surface area contributed by atoms with E-state index in [-0.39, 0.29) is 19.0 Å². The molecule has 2 unspecified atom stereocenters. The summed E-state index contributed by atoms with van der Waals surface area (Å²) in [6, 6.07) is 0. The number of aliphatic hydroxyl groups excluding tert-OH is 1. The molecule has 2 saturated heterocycles. The molecule has 0 saturated carbocycles. The molecule has 1 N–H and O–H groups in total. The summed E-state index contributed by atoms with van der Waals surface area (Å²) < 4.78 is 22.5. The Morgan fingerprint density at radius 2 is 2.19 bits per heavy atom. The van der Waals surface area contributed by atoms with Crippen LogP contribution in [0.4, 0.5) is 0 Å². The van der Waals surface area contributed by atoms with Gasteiger partial charge in [-0.15, -0.1) is 6.58 Å². The molecule has 2 rings (SSSR count). The van der Waals surface area contributed by atoms with Gasteiger partial charge in [0.25, 0.3) is 0 Å². The average Bonchev–Trinajstić information content (AvgIpc) is 2.80. The molecule has 2 aliphatic rings. The van der Waals surface area contributed by atoms with Gasteiger partial charge in [0.1, 0.15) is 18.3 Å². The maximum atomic E-state index is 10.4. The lowest BCUT2D eigenvalue weighted by molar-refractivity contribution is -0.163. The first-order valence-electron chi connectivity index (χ1n) is 7.50. The standard InChI is InChI=1S/C16H26O5/c1-5-12-15(21-16(3,4)20-12)14(17)11(2)10-19-13-8-6-7-9-18-13/h5,12-15,17H,1-2,6-10H2,3-4H3/t12-,13?,14?,15-/m1/s1. The molecular weight excluding hydrogens is 272 g/mol. The van der Waals surface area contributed by atoms with Crippen molar-refractivity contribution < 1.29 is 24.1 Å². The number of hydrogen-bond donors (Lipinski definition) is 1. The molecule has 4 atom stereocenters. The first kappa shape index (κ1) is 16.6. The molecule has 0 aromatic heterocycles. The van der Waals surface area contributed by atoms with Crippen LogP contribution in [-0.2, 0) is 18.9 Å². The van der Waals surface area contributed by atoms with Crippen LogP contribution in [0.15, 0.2) is 24.8 Å². The predicted molar refractivity (Wildman–Crippen MR) is 78.7 cm³/mol. The largest absolute Gasteiger partial charge is 0.386 e. The minimum atomic E-state index is -0.863. The Kier molecular flexibility index (Phi) is 5.57. The van der Waals surface area contributed by atoms with E-state index in [1.807, 2.05) is 13.8 Å². The van der Waals surface area contributed by atoms with E-state index in [4.69, 9.17) is 18.9 Å². The molecule has 0 aliphatic carbocycles. The highest BCUT2D eigenvalue weighted by Gasteiger charge is 2.44. The van der Waals surface area contributed by atoms with Crippen LogP contribution in [0.25, 0.3) is 0 Å². The van der Waals surface area contributed by atoms with Gasteiger partial charge in [-0.1, -0.05) is 12.7 Å². The molecule has 5 nitrogen and oxygen atoms in total. The Bertz CT molecular complexity index is 373. The quantitative estimate of drug-likeness (QED) is 0.762. The van der Waals surface area contributed by atoms with Gasteiger partial charge in [0.15, 0.2) is 12.1 Å². The van der Waals surface area contributed by atoms with Crippen LogP contribution in [0.5, 0.6) is 0 Å². The van der Waals surface area contributed by atoms with Gasteiger partial charge in [-0.05, 0) is 38.7 Å². The zero-order valence-corrected chi connectivity index (χ0v) is 12.9. The van der Waals surface area contributed by atoms with Crippen LogP contribution in [0.3, 0.4) is 0 Å². The smallest absolute Gasteiger partial charge is 0.164 e. The predicted octanol–water partition coefficient (Wildman–Crippen LogP) is 2.15. The Hall–Kier alpha value is -0.720. The van der Waals surface area contributed by atoms with Crippen molar-refractivity contribution in [1.29, 1.82) is 0 Å². The number of hydrogen-bond acceptors (Lipinski definition) is 5. The van der Waals surface area contributed by atoms with Crippen molar-refractivity contribution in [2.24, 2.45) is 0 Å². The van der Waals surface area contributed by atoms with Crippen LogP contribution in [0, 0.1) is 0 Å². The molecule has 0 radical (unpaired) electrons. The van der Waals surface area contributed by atoms with Crippen molar-refractivity contribution >= 4 is 0 Å². The molecule has 2 fully saturated rings. The fourth-order valence-electron chi connectivity index (χ4n) is 2.60. The molecule has 5 heteroatoms. The van der Waals surface area contributed by atoms with Gasteiger partial charge in [-0.25, -0.2) is 0 Å². The second-order valence-corrected chi connectivity index (χ2v) is 6.01. The Balaban J connectivity index is 1.85. The van der Waals surface area contributed by atoms with Crippen molar-refractivity contribution in [1.82, 2.24) is 0 Å². The lowest BCUT2D eigenvalue weighted by Gasteiger charge is -2.26. The van der Waals surface area contributed by atoms with E-state index in [0.29, 0.717) is 5.57 Å². The third-order valence-corrected chi connectivity index (χ3v) is 3.72. The van der Waals surface area contributed by atoms with Crippen LogP contribution >= 0.6 is 0 Å². The first-order chi connectivity index (χ1) is 9.93. The minimum Gasteiger partial charge on any atom is -0.386 e. The van der Waals surface area contributed by atoms with Gasteiger partial charge in [0.2, 0.25) is 0 Å². The Morgan fingerprint density at radius 1 is 1.43 bits per heavy atom. The van der Waals surface area contributed by atoms with Gasteiger partial charge in [0.05, 0.1) is 6.61 Å². The number of ether oxygens (including phenoxy) is 4. The van der Waals surface area contributed by atoms with Gasteiger partial charge in [-0.2, -0.15) is 0 Å². The maximum absolute atomic E-state index is 10.4. The zero-order chi connectivity index (χ0) is 15.5. The average molecular weight is 298 g/mol. The van der Waals surface area contributed by atoms with Gasteiger partial charge in [0, 0.05) is 6.61 Å². The number of aliphatic hydroxyl groups is 1. The van der Waals surface area contributed by atoms with Gasteiger partial charge >= 0.3 is 0 Å². The summed E-state index contributed by atoms with van der Waals surface area (Å²) in [6.45, 7) is 12.2. The fraction of sp³-hybridized carbons (Fsp3) is 0.750. The second-order valence-electron chi connectivity index (χ2n) is 6.01. The van der Waals surface area contributed by atoms with Gasteiger partial charge < -0.3 is 24.1 Å². The van der Waals surface area contributed by atoms with E-state index in [1.165, 1.54) is 0 Å². The first-order valence-corrected chi connectivity index (χ1v) is 7.50. The van der Waals surface area contributed by atoms with Gasteiger partial charge in [-0.3, -0.25) is 0 Å². The Morgan fingerprint density at radius 3 is 2.81 bits per heavy atom. The molecule has 0 spiro atoms. The van der Waals surface area contributed by atoms with Crippen molar-refractivity contribution in [3.63, 3.8) is 0 Å². The van der Waals surface area contributed by atoms with E-state index < -0.39 is 18.0 Å². The molecule has 0 amide bonds. The third kappa shape index (κ3) is 4.37. The summed E-state index contributed by atoms with van der Waals surface area (Å²) in [6.07, 6.45) is 2.76. The lowest BCUT2D eigenvalue weighted by Crippen LogP contribution is -2.37. The second kappa shape index (κ2) is 7.03. The fourth-order valence-corrected chi connectivity index (χ4v) is 2.60. The van der Waals surface area contributed by atoms with Crippen molar-refractivity contribution in [3.8, 4) is 0 Å². The topological polar surface area (TPSA) is 57.2 Å². The van der Waals surface area contributed by atoms with E-state index >= 15 is 0 Å². The lowest BCUT2D eigenvalue weighted by atomic mass is 10.0. The summed E-state index contributed by atoms with van der Waals surface area (Å²) in [5.74, 6) is -0.738. The summed E-state index contributed by atoms with van der Waals surface area (Å²) in [7, 11) is 0. The van der Waals surface area contributed by atoms with Crippen molar-refractivity contribution in [2.75, 3.05) is 13.2 Å². The van der Waals surface area contributed by atoms with Crippen molar-refractivity contribution in [3.05, 3.63) is 24.8 Å². The minimum absolute atomic E-state index is 0.199. The zero-order valence-electron chi connectivity index (χ0n) is 12.9. The van der Waals surface area contributed by atoms with E-state index in [1.54, 1.807) is 6.08 Å². The van der Waals surface area contributed by atoms with Crippen molar-refractivity contribution in [2.45, 2.75) is 63.5 Å². The summed E-state index contributed by atoms with van der Waals surface area (Å²) in [5.41, 5.74) is 0.558. The molecule has 0 aromatic rings. The monoisotopic (exact) mass is 298 g/mol. The van der Waals surface area contributed by atoms with E-state index in [9.17, 15) is 5.11 Å². The molecular formula is C16H26O5. The molecule has 0 aromatic carbocycles. The Labute approximate surface area is 126 Å². The summed E-state index contributed by atoms with van der Waals surface area (Å²) in [4.78, 5) is 0. The van der Waals surface area contributed by atoms with Crippen LogP contribution in [-0.4, -0.2) is 48.7 Å². The molecule has 120 valence electrons. The normalized spacial score (nSPS) is 33.6. The summed E-state index contributed by atoms with van der Waals surface area (Å²) in [5, 5.41) is 10.4. The van der Waals surface area contributed by atoms with Crippen LogP contribution < -0.4 is 0 Å². The van der Waals surface area contributed by atoms with E-state index in [2.05, 4.69) is 13.2 Å². The summed E-state index contributed by atoms with van der Waals surface area (Å²) >= 11 is 0. The highest BCUT2D eigenvalue weighted by atomic mass is 16.8. The van der Waals surface area contributed by atoms with Crippen LogP contribution in [0.2, 0.25) is 0 Å². The highest BCUT2D eigenvalue weighted by Crippen LogP contribution is 2.32.